The fourth-order valence-electron chi connectivity index (χ4n) is 2.39. The van der Waals surface area contributed by atoms with Gasteiger partial charge in [-0.3, -0.25) is 14.9 Å². The third-order valence-corrected chi connectivity index (χ3v) is 4.43. The Morgan fingerprint density at radius 2 is 1.83 bits per heavy atom. The number of rotatable bonds is 7. The van der Waals surface area contributed by atoms with E-state index in [4.69, 9.17) is 4.74 Å². The summed E-state index contributed by atoms with van der Waals surface area (Å²) in [4.78, 5) is 22.3. The fraction of sp³-hybridized carbons (Fsp3) is 0.0476. The lowest BCUT2D eigenvalue weighted by atomic mass is 10.2. The normalized spacial score (nSPS) is 10.7. The number of nitro benzene ring substituents is 1. The van der Waals surface area contributed by atoms with E-state index in [1.54, 1.807) is 12.1 Å². The lowest BCUT2D eigenvalue weighted by molar-refractivity contribution is -0.384. The number of halogens is 1. The molecule has 0 atom stereocenters. The van der Waals surface area contributed by atoms with Crippen LogP contribution in [0.15, 0.2) is 82.4 Å². The summed E-state index contributed by atoms with van der Waals surface area (Å²) in [5, 5.41) is 14.7. The van der Waals surface area contributed by atoms with Crippen LogP contribution in [-0.2, 0) is 6.61 Å². The van der Waals surface area contributed by atoms with Gasteiger partial charge in [0.2, 0.25) is 0 Å². The molecule has 0 aliphatic heterocycles. The summed E-state index contributed by atoms with van der Waals surface area (Å²) in [6, 6.07) is 20.6. The van der Waals surface area contributed by atoms with E-state index in [1.165, 1.54) is 30.5 Å². The van der Waals surface area contributed by atoms with Crippen molar-refractivity contribution in [1.82, 2.24) is 5.43 Å². The fourth-order valence-corrected chi connectivity index (χ4v) is 2.65. The van der Waals surface area contributed by atoms with Gasteiger partial charge in [0.1, 0.15) is 12.4 Å². The maximum Gasteiger partial charge on any atom is 0.271 e. The van der Waals surface area contributed by atoms with Crippen molar-refractivity contribution in [3.8, 4) is 5.75 Å². The number of amides is 1. The van der Waals surface area contributed by atoms with E-state index in [9.17, 15) is 14.9 Å². The number of hydrogen-bond donors (Lipinski definition) is 1. The molecule has 0 aliphatic rings. The lowest BCUT2D eigenvalue weighted by Gasteiger charge is -2.06. The Morgan fingerprint density at radius 1 is 1.10 bits per heavy atom. The molecule has 0 saturated carbocycles. The van der Waals surface area contributed by atoms with Crippen LogP contribution in [0.2, 0.25) is 0 Å². The molecule has 7 nitrogen and oxygen atoms in total. The van der Waals surface area contributed by atoms with Gasteiger partial charge in [0, 0.05) is 22.2 Å². The van der Waals surface area contributed by atoms with Crippen molar-refractivity contribution in [1.29, 1.82) is 0 Å². The van der Waals surface area contributed by atoms with E-state index in [1.807, 2.05) is 36.4 Å². The second-order valence-corrected chi connectivity index (χ2v) is 6.91. The van der Waals surface area contributed by atoms with E-state index in [0.29, 0.717) is 12.4 Å². The monoisotopic (exact) mass is 453 g/mol. The highest BCUT2D eigenvalue weighted by Gasteiger charge is 2.10. The molecule has 0 saturated heterocycles. The topological polar surface area (TPSA) is 93.8 Å². The van der Waals surface area contributed by atoms with Crippen molar-refractivity contribution in [2.24, 2.45) is 5.10 Å². The molecule has 0 spiro atoms. The van der Waals surface area contributed by atoms with Crippen molar-refractivity contribution < 1.29 is 14.5 Å². The van der Waals surface area contributed by atoms with Crippen LogP contribution in [0, 0.1) is 10.1 Å². The van der Waals surface area contributed by atoms with Crippen molar-refractivity contribution in [3.63, 3.8) is 0 Å². The number of non-ortho nitro benzene ring substituents is 1. The standard InChI is InChI=1S/C21H16BrN3O4/c22-18-8-4-16(5-9-18)14-29-20-10-6-15(7-11-20)13-23-24-21(26)17-2-1-3-19(12-17)25(27)28/h1-13H,14H2,(H,24,26). The van der Waals surface area contributed by atoms with E-state index in [0.717, 1.165) is 15.6 Å². The van der Waals surface area contributed by atoms with Gasteiger partial charge in [-0.1, -0.05) is 34.1 Å². The number of carbonyl (C=O) groups excluding carboxylic acids is 1. The van der Waals surface area contributed by atoms with E-state index in [-0.39, 0.29) is 11.3 Å². The Labute approximate surface area is 175 Å². The highest BCUT2D eigenvalue weighted by atomic mass is 79.9. The van der Waals surface area contributed by atoms with Crippen LogP contribution in [0.1, 0.15) is 21.5 Å². The van der Waals surface area contributed by atoms with Gasteiger partial charge in [0.15, 0.2) is 0 Å². The van der Waals surface area contributed by atoms with Crippen molar-refractivity contribution in [2.75, 3.05) is 0 Å². The largest absolute Gasteiger partial charge is 0.489 e. The number of benzene rings is 3. The van der Waals surface area contributed by atoms with Crippen molar-refractivity contribution in [2.45, 2.75) is 6.61 Å². The number of carbonyl (C=O) groups is 1. The molecule has 146 valence electrons. The zero-order valence-electron chi connectivity index (χ0n) is 15.1. The molecule has 3 aromatic carbocycles. The third-order valence-electron chi connectivity index (χ3n) is 3.90. The zero-order chi connectivity index (χ0) is 20.6. The number of nitrogens with one attached hydrogen (secondary N) is 1. The van der Waals surface area contributed by atoms with E-state index in [2.05, 4.69) is 26.5 Å². The van der Waals surface area contributed by atoms with Crippen molar-refractivity contribution >= 4 is 33.7 Å². The first kappa shape index (κ1) is 20.2. The smallest absolute Gasteiger partial charge is 0.271 e. The molecule has 0 radical (unpaired) electrons. The highest BCUT2D eigenvalue weighted by molar-refractivity contribution is 9.10. The Bertz CT molecular complexity index is 1030. The summed E-state index contributed by atoms with van der Waals surface area (Å²) in [6.45, 7) is 0.458. The average molecular weight is 454 g/mol. The minimum Gasteiger partial charge on any atom is -0.489 e. The van der Waals surface area contributed by atoms with Gasteiger partial charge in [0.05, 0.1) is 11.1 Å². The van der Waals surface area contributed by atoms with Crippen LogP contribution in [0.5, 0.6) is 5.75 Å². The van der Waals surface area contributed by atoms with Crippen LogP contribution in [0.25, 0.3) is 0 Å². The molecule has 1 amide bonds. The number of hydrazone groups is 1. The summed E-state index contributed by atoms with van der Waals surface area (Å²) in [7, 11) is 0. The van der Waals surface area contributed by atoms with Gasteiger partial charge in [-0.25, -0.2) is 5.43 Å². The summed E-state index contributed by atoms with van der Waals surface area (Å²) in [5.41, 5.74) is 4.18. The van der Waals surface area contributed by atoms with Gasteiger partial charge >= 0.3 is 0 Å². The Balaban J connectivity index is 1.53. The molecule has 0 fully saturated rings. The molecule has 3 aromatic rings. The first-order chi connectivity index (χ1) is 14.0. The molecular formula is C21H16BrN3O4. The first-order valence-corrected chi connectivity index (χ1v) is 9.36. The second kappa shape index (κ2) is 9.61. The summed E-state index contributed by atoms with van der Waals surface area (Å²) >= 11 is 3.39. The van der Waals surface area contributed by atoms with Crippen LogP contribution in [0.3, 0.4) is 0 Å². The average Bonchev–Trinajstić information content (AvgIpc) is 2.74. The SMILES string of the molecule is O=C(NN=Cc1ccc(OCc2ccc(Br)cc2)cc1)c1cccc([N+](=O)[O-])c1. The third kappa shape index (κ3) is 5.98. The van der Waals surface area contributed by atoms with Crippen LogP contribution in [0.4, 0.5) is 5.69 Å². The maximum atomic E-state index is 12.0. The molecule has 3 rings (SSSR count). The second-order valence-electron chi connectivity index (χ2n) is 5.99. The predicted octanol–water partition coefficient (Wildman–Crippen LogP) is 4.70. The molecule has 0 aliphatic carbocycles. The minimum atomic E-state index is -0.555. The van der Waals surface area contributed by atoms with E-state index >= 15 is 0 Å². The van der Waals surface area contributed by atoms with Gasteiger partial charge in [0.25, 0.3) is 11.6 Å². The van der Waals surface area contributed by atoms with Crippen LogP contribution >= 0.6 is 15.9 Å². The number of nitro groups is 1. The van der Waals surface area contributed by atoms with Gasteiger partial charge < -0.3 is 4.74 Å². The van der Waals surface area contributed by atoms with Gasteiger partial charge in [-0.05, 0) is 53.6 Å². The molecule has 8 heteroatoms. The highest BCUT2D eigenvalue weighted by Crippen LogP contribution is 2.16. The molecule has 0 heterocycles. The zero-order valence-corrected chi connectivity index (χ0v) is 16.7. The molecule has 0 bridgehead atoms. The molecule has 0 aromatic heterocycles. The molecule has 1 N–H and O–H groups in total. The first-order valence-electron chi connectivity index (χ1n) is 8.56. The van der Waals surface area contributed by atoms with E-state index < -0.39 is 10.8 Å². The summed E-state index contributed by atoms with van der Waals surface area (Å²) < 4.78 is 6.75. The minimum absolute atomic E-state index is 0.152. The number of nitrogens with zero attached hydrogens (tertiary/aromatic N) is 2. The Hall–Kier alpha value is -3.52. The predicted molar refractivity (Wildman–Crippen MR) is 113 cm³/mol. The van der Waals surface area contributed by atoms with Gasteiger partial charge in [-0.15, -0.1) is 0 Å². The van der Waals surface area contributed by atoms with Crippen LogP contribution < -0.4 is 10.2 Å². The number of ether oxygens (including phenoxy) is 1. The van der Waals surface area contributed by atoms with Crippen LogP contribution in [-0.4, -0.2) is 17.0 Å². The Kier molecular flexibility index (Phi) is 6.70. The lowest BCUT2D eigenvalue weighted by Crippen LogP contribution is -2.17. The van der Waals surface area contributed by atoms with Crippen molar-refractivity contribution in [3.05, 3.63) is 104 Å². The van der Waals surface area contributed by atoms with Gasteiger partial charge in [-0.2, -0.15) is 5.10 Å². The summed E-state index contributed by atoms with van der Waals surface area (Å²) in [6.07, 6.45) is 1.48. The summed E-state index contributed by atoms with van der Waals surface area (Å²) in [5.74, 6) is 0.185. The molecule has 0 unspecified atom stereocenters. The maximum absolute atomic E-state index is 12.0. The number of hydrogen-bond acceptors (Lipinski definition) is 5. The quantitative estimate of drug-likeness (QED) is 0.318. The molecular weight excluding hydrogens is 438 g/mol. The Morgan fingerprint density at radius 3 is 2.52 bits per heavy atom. The molecule has 29 heavy (non-hydrogen) atoms.